The minimum atomic E-state index is -3.12. The van der Waals surface area contributed by atoms with Gasteiger partial charge in [-0.2, -0.15) is 4.99 Å². The first-order chi connectivity index (χ1) is 14.8. The number of halogens is 2. The van der Waals surface area contributed by atoms with Crippen LogP contribution in [0.25, 0.3) is 0 Å². The van der Waals surface area contributed by atoms with Crippen molar-refractivity contribution in [3.05, 3.63) is 64.9 Å². The number of thioether (sulfide) groups is 1. The highest BCUT2D eigenvalue weighted by Crippen LogP contribution is 2.38. The molecule has 2 aliphatic rings. The molecule has 0 bridgehead atoms. The zero-order chi connectivity index (χ0) is 22.0. The van der Waals surface area contributed by atoms with E-state index in [2.05, 4.69) is 4.99 Å². The Labute approximate surface area is 189 Å². The van der Waals surface area contributed by atoms with E-state index in [0.29, 0.717) is 28.9 Å². The first kappa shape index (κ1) is 22.1. The third-order valence-corrected chi connectivity index (χ3v) is 8.63. The van der Waals surface area contributed by atoms with Crippen molar-refractivity contribution < 1.29 is 22.3 Å². The highest BCUT2D eigenvalue weighted by atomic mass is 35.5. The van der Waals surface area contributed by atoms with Crippen LogP contribution in [-0.4, -0.2) is 60.3 Å². The van der Waals surface area contributed by atoms with E-state index in [0.717, 1.165) is 5.56 Å². The first-order valence-corrected chi connectivity index (χ1v) is 12.7. The molecular weight excluding hydrogens is 463 g/mol. The van der Waals surface area contributed by atoms with Gasteiger partial charge in [0.2, 0.25) is 0 Å². The number of benzene rings is 2. The van der Waals surface area contributed by atoms with Gasteiger partial charge in [0, 0.05) is 16.8 Å². The van der Waals surface area contributed by atoms with E-state index >= 15 is 0 Å². The summed E-state index contributed by atoms with van der Waals surface area (Å²) in [5, 5.41) is 0.929. The summed E-state index contributed by atoms with van der Waals surface area (Å²) in [7, 11) is -3.12. The maximum Gasteiger partial charge on any atom is 0.285 e. The Hall–Kier alpha value is -2.10. The van der Waals surface area contributed by atoms with E-state index in [4.69, 9.17) is 16.3 Å². The minimum absolute atomic E-state index is 0.0442. The number of amides is 1. The first-order valence-electron chi connectivity index (χ1n) is 9.67. The van der Waals surface area contributed by atoms with E-state index < -0.39 is 15.7 Å². The van der Waals surface area contributed by atoms with Gasteiger partial charge in [-0.15, -0.1) is 0 Å². The lowest BCUT2D eigenvalue weighted by Crippen LogP contribution is -2.39. The topological polar surface area (TPSA) is 76.0 Å². The molecule has 0 radical (unpaired) electrons. The Morgan fingerprint density at radius 1 is 1.16 bits per heavy atom. The predicted molar refractivity (Wildman–Crippen MR) is 120 cm³/mol. The van der Waals surface area contributed by atoms with E-state index in [1.165, 1.54) is 23.9 Å². The highest BCUT2D eigenvalue weighted by Gasteiger charge is 2.48. The van der Waals surface area contributed by atoms with Gasteiger partial charge in [-0.05, 0) is 48.4 Å². The van der Waals surface area contributed by atoms with Gasteiger partial charge in [0.05, 0.1) is 17.5 Å². The van der Waals surface area contributed by atoms with Crippen molar-refractivity contribution in [3.63, 3.8) is 0 Å². The molecule has 2 atom stereocenters. The van der Waals surface area contributed by atoms with Crippen LogP contribution in [0.2, 0.25) is 5.02 Å². The number of hydrogen-bond acceptors (Lipinski definition) is 5. The van der Waals surface area contributed by atoms with Crippen LogP contribution in [0.5, 0.6) is 5.75 Å². The Morgan fingerprint density at radius 3 is 2.58 bits per heavy atom. The Balaban J connectivity index is 1.45. The van der Waals surface area contributed by atoms with Crippen LogP contribution < -0.4 is 4.74 Å². The summed E-state index contributed by atoms with van der Waals surface area (Å²) >= 11 is 7.16. The lowest BCUT2D eigenvalue weighted by atomic mass is 10.1. The summed E-state index contributed by atoms with van der Waals surface area (Å²) in [6.45, 7) is 0.255. The van der Waals surface area contributed by atoms with Crippen molar-refractivity contribution >= 4 is 44.3 Å². The van der Waals surface area contributed by atoms with E-state index in [1.807, 2.05) is 4.90 Å². The van der Waals surface area contributed by atoms with Crippen molar-refractivity contribution in [1.82, 2.24) is 4.90 Å². The molecule has 2 fully saturated rings. The van der Waals surface area contributed by atoms with Crippen molar-refractivity contribution in [1.29, 1.82) is 0 Å². The highest BCUT2D eigenvalue weighted by molar-refractivity contribution is 8.15. The van der Waals surface area contributed by atoms with Gasteiger partial charge in [0.15, 0.2) is 21.6 Å². The second kappa shape index (κ2) is 9.18. The van der Waals surface area contributed by atoms with Crippen molar-refractivity contribution in [2.45, 2.75) is 17.7 Å². The molecular formula is C21H20ClFN2O4S2. The maximum absolute atomic E-state index is 13.2. The number of ether oxygens (including phenoxy) is 1. The van der Waals surface area contributed by atoms with Crippen molar-refractivity contribution in [2.75, 3.05) is 24.7 Å². The average Bonchev–Trinajstić information content (AvgIpc) is 3.18. The van der Waals surface area contributed by atoms with Gasteiger partial charge in [-0.25, -0.2) is 12.8 Å². The van der Waals surface area contributed by atoms with Crippen LogP contribution in [0, 0.1) is 5.82 Å². The summed E-state index contributed by atoms with van der Waals surface area (Å²) in [5.41, 5.74) is 0.924. The summed E-state index contributed by atoms with van der Waals surface area (Å²) < 4.78 is 42.8. The average molecular weight is 483 g/mol. The molecule has 0 spiro atoms. The molecule has 10 heteroatoms. The van der Waals surface area contributed by atoms with Crippen LogP contribution in [0.15, 0.2) is 53.5 Å². The maximum atomic E-state index is 13.2. The van der Waals surface area contributed by atoms with E-state index in [1.54, 1.807) is 36.4 Å². The molecule has 0 N–H and O–H groups in total. The molecule has 164 valence electrons. The monoisotopic (exact) mass is 482 g/mol. The van der Waals surface area contributed by atoms with E-state index in [-0.39, 0.29) is 35.2 Å². The Bertz CT molecular complexity index is 1090. The largest absolute Gasteiger partial charge is 0.484 e. The second-order valence-electron chi connectivity index (χ2n) is 7.40. The number of aliphatic imine (C=N–C) groups is 1. The Morgan fingerprint density at radius 2 is 1.87 bits per heavy atom. The van der Waals surface area contributed by atoms with Crippen LogP contribution in [-0.2, 0) is 21.1 Å². The second-order valence-corrected chi connectivity index (χ2v) is 11.2. The zero-order valence-corrected chi connectivity index (χ0v) is 18.8. The van der Waals surface area contributed by atoms with Crippen LogP contribution in [0.1, 0.15) is 5.56 Å². The molecule has 2 saturated heterocycles. The van der Waals surface area contributed by atoms with Crippen LogP contribution in [0.4, 0.5) is 4.39 Å². The van der Waals surface area contributed by atoms with Crippen molar-refractivity contribution in [3.8, 4) is 5.75 Å². The molecule has 2 aliphatic heterocycles. The third-order valence-electron chi connectivity index (χ3n) is 5.13. The molecule has 31 heavy (non-hydrogen) atoms. The van der Waals surface area contributed by atoms with E-state index in [9.17, 15) is 17.6 Å². The number of carbonyl (C=O) groups is 1. The summed E-state index contributed by atoms with van der Waals surface area (Å²) in [5.74, 6) is -0.136. The normalized spacial score (nSPS) is 23.2. The summed E-state index contributed by atoms with van der Waals surface area (Å²) in [6.07, 6.45) is 0.582. The number of carbonyl (C=O) groups excluding carboxylic acids is 1. The van der Waals surface area contributed by atoms with Crippen LogP contribution >= 0.6 is 23.4 Å². The number of sulfone groups is 1. The van der Waals surface area contributed by atoms with Gasteiger partial charge < -0.3 is 9.64 Å². The lowest BCUT2D eigenvalue weighted by molar-refractivity contribution is -0.119. The standard InChI is InChI=1S/C21H20ClFN2O4S2/c22-15-3-7-17(8-4-15)29-11-20(26)24-21-25(10-9-14-1-5-16(23)6-2-14)18-12-31(27,28)13-19(18)30-21/h1-8,18-19H,9-13H2/t18-,19+/m0/s1. The van der Waals surface area contributed by atoms with Crippen molar-refractivity contribution in [2.24, 2.45) is 4.99 Å². The molecule has 2 aromatic rings. The number of fused-ring (bicyclic) bond motifs is 1. The Kier molecular flexibility index (Phi) is 6.55. The summed E-state index contributed by atoms with van der Waals surface area (Å²) in [4.78, 5) is 18.5. The summed E-state index contributed by atoms with van der Waals surface area (Å²) in [6, 6.07) is 12.6. The molecule has 2 heterocycles. The quantitative estimate of drug-likeness (QED) is 0.629. The van der Waals surface area contributed by atoms with Gasteiger partial charge in [0.25, 0.3) is 5.91 Å². The van der Waals surface area contributed by atoms with Gasteiger partial charge in [0.1, 0.15) is 11.6 Å². The molecule has 1 amide bonds. The predicted octanol–water partition coefficient (Wildman–Crippen LogP) is 3.20. The SMILES string of the molecule is O=C(COc1ccc(Cl)cc1)N=C1S[C@@H]2CS(=O)(=O)C[C@@H]2N1CCc1ccc(F)cc1. The molecule has 4 rings (SSSR count). The van der Waals surface area contributed by atoms with Gasteiger partial charge in [-0.1, -0.05) is 35.5 Å². The number of hydrogen-bond donors (Lipinski definition) is 0. The number of rotatable bonds is 6. The number of nitrogens with zero attached hydrogens (tertiary/aromatic N) is 2. The fourth-order valence-electron chi connectivity index (χ4n) is 3.61. The minimum Gasteiger partial charge on any atom is -0.484 e. The lowest BCUT2D eigenvalue weighted by Gasteiger charge is -2.24. The molecule has 2 aromatic carbocycles. The van der Waals surface area contributed by atoms with Gasteiger partial charge in [-0.3, -0.25) is 4.79 Å². The van der Waals surface area contributed by atoms with Gasteiger partial charge >= 0.3 is 0 Å². The third kappa shape index (κ3) is 5.58. The fourth-order valence-corrected chi connectivity index (χ4v) is 7.73. The molecule has 0 aliphatic carbocycles. The molecule has 6 nitrogen and oxygen atoms in total. The smallest absolute Gasteiger partial charge is 0.285 e. The molecule has 0 unspecified atom stereocenters. The fraction of sp³-hybridized carbons (Fsp3) is 0.333. The zero-order valence-electron chi connectivity index (χ0n) is 16.4. The number of amidine groups is 1. The molecule has 0 aromatic heterocycles. The molecule has 0 saturated carbocycles. The van der Waals surface area contributed by atoms with Crippen LogP contribution in [0.3, 0.4) is 0 Å².